The molecule has 0 heterocycles. The maximum absolute atomic E-state index is 2.46. The molecule has 0 atom stereocenters. The molecule has 0 amide bonds. The molecule has 0 radical (unpaired) electrons. The molecule has 1 aromatic carbocycles. The molecule has 0 aliphatic carbocycles. The van der Waals surface area contributed by atoms with Gasteiger partial charge < -0.3 is 4.48 Å². The van der Waals surface area contributed by atoms with Gasteiger partial charge in [-0.25, -0.2) is 0 Å². The molecule has 0 aromatic heterocycles. The zero-order valence-corrected chi connectivity index (χ0v) is 38.6. The van der Waals surface area contributed by atoms with Crippen molar-refractivity contribution in [2.45, 2.75) is 258 Å². The summed E-state index contributed by atoms with van der Waals surface area (Å²) < 4.78 is 1.33. The van der Waals surface area contributed by atoms with Gasteiger partial charge in [-0.1, -0.05) is 203 Å². The predicted octanol–water partition coefficient (Wildman–Crippen LogP) is 18.8. The molecule has 0 unspecified atom stereocenters. The molecule has 1 heteroatoms. The SMILES string of the molecule is CCCCCC/C=C/CCCCCCCC[N+](CCCCCCCC/C=C/CCCCCC)(CCCCCCCC/C=C/CCCCCC)Cc1ccccc1. The number of hydrogen-bond acceptors (Lipinski definition) is 0. The van der Waals surface area contributed by atoms with Crippen LogP contribution < -0.4 is 0 Å². The van der Waals surface area contributed by atoms with Crippen molar-refractivity contribution >= 4 is 0 Å². The van der Waals surface area contributed by atoms with Crippen molar-refractivity contribution in [2.24, 2.45) is 0 Å². The zero-order valence-electron chi connectivity index (χ0n) is 38.6. The van der Waals surface area contributed by atoms with Crippen molar-refractivity contribution in [2.75, 3.05) is 19.6 Å². The van der Waals surface area contributed by atoms with Crippen LogP contribution in [0, 0.1) is 0 Å². The lowest BCUT2D eigenvalue weighted by atomic mass is 10.0. The second kappa shape index (κ2) is 43.0. The van der Waals surface area contributed by atoms with Gasteiger partial charge in [-0.15, -0.1) is 0 Å². The number of quaternary nitrogens is 1. The quantitative estimate of drug-likeness (QED) is 0.0352. The third-order valence-corrected chi connectivity index (χ3v) is 12.3. The van der Waals surface area contributed by atoms with Crippen LogP contribution in [0.25, 0.3) is 0 Å². The first-order valence-electron chi connectivity index (χ1n) is 25.6. The second-order valence-corrected chi connectivity index (χ2v) is 17.8. The Bertz CT molecular complexity index is 879. The Morgan fingerprint density at radius 2 is 0.554 bits per heavy atom. The van der Waals surface area contributed by atoms with Crippen molar-refractivity contribution in [3.8, 4) is 0 Å². The summed E-state index contributed by atoms with van der Waals surface area (Å²) in [6.07, 6.45) is 64.4. The van der Waals surface area contributed by atoms with Crippen molar-refractivity contribution in [1.82, 2.24) is 0 Å². The van der Waals surface area contributed by atoms with Crippen molar-refractivity contribution in [3.63, 3.8) is 0 Å². The van der Waals surface area contributed by atoms with E-state index in [0.29, 0.717) is 0 Å². The van der Waals surface area contributed by atoms with E-state index in [1.54, 1.807) is 5.56 Å². The first-order chi connectivity index (χ1) is 27.8. The smallest absolute Gasteiger partial charge is 0.104 e. The third-order valence-electron chi connectivity index (χ3n) is 12.3. The number of nitrogens with zero attached hydrogens (tertiary/aromatic N) is 1. The first kappa shape index (κ1) is 52.4. The largest absolute Gasteiger partial charge is 0.320 e. The van der Waals surface area contributed by atoms with Gasteiger partial charge in [0.05, 0.1) is 19.6 Å². The van der Waals surface area contributed by atoms with E-state index in [1.165, 1.54) is 262 Å². The van der Waals surface area contributed by atoms with Crippen LogP contribution in [0.1, 0.15) is 257 Å². The van der Waals surface area contributed by atoms with Crippen LogP contribution >= 0.6 is 0 Å². The molecule has 1 nitrogen and oxygen atoms in total. The zero-order chi connectivity index (χ0) is 40.1. The van der Waals surface area contributed by atoms with E-state index in [1.807, 2.05) is 0 Å². The summed E-state index contributed by atoms with van der Waals surface area (Å²) in [4.78, 5) is 0. The van der Waals surface area contributed by atoms with Gasteiger partial charge in [-0.05, 0) is 116 Å². The summed E-state index contributed by atoms with van der Waals surface area (Å²) in [5, 5.41) is 0. The molecule has 0 aliphatic rings. The topological polar surface area (TPSA) is 0 Å². The van der Waals surface area contributed by atoms with Gasteiger partial charge in [0.15, 0.2) is 0 Å². The van der Waals surface area contributed by atoms with Gasteiger partial charge in [0.1, 0.15) is 6.54 Å². The van der Waals surface area contributed by atoms with Crippen LogP contribution in [0.15, 0.2) is 66.8 Å². The molecule has 1 rings (SSSR count). The van der Waals surface area contributed by atoms with E-state index in [9.17, 15) is 0 Å². The normalized spacial score (nSPS) is 12.3. The van der Waals surface area contributed by atoms with E-state index < -0.39 is 0 Å². The number of allylic oxidation sites excluding steroid dienone is 6. The summed E-state index contributed by atoms with van der Waals surface area (Å²) in [5.74, 6) is 0. The van der Waals surface area contributed by atoms with Crippen LogP contribution in [-0.4, -0.2) is 24.1 Å². The lowest BCUT2D eigenvalue weighted by Gasteiger charge is -2.39. The van der Waals surface area contributed by atoms with Gasteiger partial charge in [-0.3, -0.25) is 0 Å². The van der Waals surface area contributed by atoms with E-state index in [4.69, 9.17) is 0 Å². The highest BCUT2D eigenvalue weighted by atomic mass is 15.3. The molecule has 0 spiro atoms. The van der Waals surface area contributed by atoms with E-state index in [2.05, 4.69) is 87.6 Å². The van der Waals surface area contributed by atoms with Crippen molar-refractivity contribution in [1.29, 1.82) is 0 Å². The lowest BCUT2D eigenvalue weighted by Crippen LogP contribution is -2.49. The average Bonchev–Trinajstić information content (AvgIpc) is 3.21. The fourth-order valence-corrected chi connectivity index (χ4v) is 8.57. The Morgan fingerprint density at radius 3 is 0.839 bits per heavy atom. The molecule has 0 fully saturated rings. The summed E-state index contributed by atoms with van der Waals surface area (Å²) in [5.41, 5.74) is 1.56. The Morgan fingerprint density at radius 1 is 0.304 bits per heavy atom. The summed E-state index contributed by atoms with van der Waals surface area (Å²) in [6.45, 7) is 12.3. The molecule has 0 N–H and O–H groups in total. The number of hydrogen-bond donors (Lipinski definition) is 0. The molecular weight excluding hydrogens is 675 g/mol. The molecule has 56 heavy (non-hydrogen) atoms. The van der Waals surface area contributed by atoms with E-state index in [-0.39, 0.29) is 0 Å². The van der Waals surface area contributed by atoms with E-state index >= 15 is 0 Å². The fourth-order valence-electron chi connectivity index (χ4n) is 8.57. The van der Waals surface area contributed by atoms with Crippen molar-refractivity contribution in [3.05, 3.63) is 72.4 Å². The summed E-state index contributed by atoms with van der Waals surface area (Å²) >= 11 is 0. The first-order valence-corrected chi connectivity index (χ1v) is 25.6. The van der Waals surface area contributed by atoms with Gasteiger partial charge in [-0.2, -0.15) is 0 Å². The molecule has 0 bridgehead atoms. The third kappa shape index (κ3) is 35.6. The highest BCUT2D eigenvalue weighted by Gasteiger charge is 2.26. The van der Waals surface area contributed by atoms with Gasteiger partial charge in [0.25, 0.3) is 0 Å². The van der Waals surface area contributed by atoms with Crippen LogP contribution in [0.4, 0.5) is 0 Å². The molecule has 0 saturated heterocycles. The Labute approximate surface area is 353 Å². The highest BCUT2D eigenvalue weighted by molar-refractivity contribution is 5.13. The fraction of sp³-hybridized carbons (Fsp3) is 0.782. The van der Waals surface area contributed by atoms with Gasteiger partial charge in [0, 0.05) is 5.56 Å². The molecule has 1 aromatic rings. The van der Waals surface area contributed by atoms with Crippen LogP contribution in [-0.2, 0) is 6.54 Å². The summed E-state index contributed by atoms with van der Waals surface area (Å²) in [7, 11) is 0. The Kier molecular flexibility index (Phi) is 40.2. The van der Waals surface area contributed by atoms with Crippen LogP contribution in [0.3, 0.4) is 0 Å². The predicted molar refractivity (Wildman–Crippen MR) is 256 cm³/mol. The average molecular weight is 775 g/mol. The second-order valence-electron chi connectivity index (χ2n) is 17.8. The maximum Gasteiger partial charge on any atom is 0.104 e. The minimum atomic E-state index is 1.24. The Balaban J connectivity index is 2.55. The molecule has 0 saturated carbocycles. The van der Waals surface area contributed by atoms with Gasteiger partial charge >= 0.3 is 0 Å². The van der Waals surface area contributed by atoms with E-state index in [0.717, 1.165) is 0 Å². The van der Waals surface area contributed by atoms with Crippen LogP contribution in [0.5, 0.6) is 0 Å². The van der Waals surface area contributed by atoms with Crippen molar-refractivity contribution < 1.29 is 4.48 Å². The number of unbranched alkanes of at least 4 members (excludes halogenated alkanes) is 30. The standard InChI is InChI=1S/C55H100N/c1-4-7-10-13-16-19-22-25-28-31-34-37-40-46-51-56(54-55-49-44-43-45-50-55,52-47-41-38-35-32-29-26-23-20-17-14-11-8-5-2)53-48-42-39-36-33-30-27-24-21-18-15-12-9-6-3/h19-24,43-45,49-50H,4-18,25-42,46-48,51-54H2,1-3H3/q+1/b22-19+,23-20+,24-21+. The highest BCUT2D eigenvalue weighted by Crippen LogP contribution is 2.23. The monoisotopic (exact) mass is 775 g/mol. The minimum Gasteiger partial charge on any atom is -0.320 e. The lowest BCUT2D eigenvalue weighted by molar-refractivity contribution is -0.941. The molecule has 0 aliphatic heterocycles. The molecule has 324 valence electrons. The Hall–Kier alpha value is -1.60. The van der Waals surface area contributed by atoms with Gasteiger partial charge in [0.2, 0.25) is 0 Å². The van der Waals surface area contributed by atoms with Crippen LogP contribution in [0.2, 0.25) is 0 Å². The summed E-state index contributed by atoms with van der Waals surface area (Å²) in [6, 6.07) is 11.6. The maximum atomic E-state index is 2.46. The minimum absolute atomic E-state index is 1.24. The molecular formula is C55H100N+. The number of benzene rings is 1. The number of rotatable bonds is 44.